The molecule has 20 heteroatoms. The molecule has 0 atom stereocenters. The van der Waals surface area contributed by atoms with Crippen LogP contribution in [-0.4, -0.2) is 44.9 Å². The normalized spacial score (nSPS) is 12.2. The van der Waals surface area contributed by atoms with E-state index in [-0.39, 0.29) is 26.8 Å². The zero-order valence-electron chi connectivity index (χ0n) is 23.8. The van der Waals surface area contributed by atoms with Crippen LogP contribution >= 0.6 is 11.3 Å². The van der Waals surface area contributed by atoms with E-state index in [1.54, 1.807) is 54.6 Å². The lowest BCUT2D eigenvalue weighted by molar-refractivity contribution is 0.262. The highest BCUT2D eigenvalue weighted by molar-refractivity contribution is 7.87. The Labute approximate surface area is 276 Å². The molecule has 0 fully saturated rings. The standard InChI is InChI=1S/C28H20N6O10S4/c29-14-22-25(15-6-8-17(9-7-15)32-28(35)31-16-4-2-1-3-5-16)27(45-26(22)30)34-33-18-10-20-21(23(11-18)47(39,40)41)12-19(46(36,37)38)13-24(20)48(42,43)44/h1-13H,30H2,(H2,31,32,35)(H,36,37,38)(H,39,40,41)(H,42,43,44). The van der Waals surface area contributed by atoms with E-state index in [2.05, 4.69) is 20.9 Å². The number of nitrogen functional groups attached to an aromatic ring is 1. The number of nitrogens with zero attached hydrogens (tertiary/aromatic N) is 3. The summed E-state index contributed by atoms with van der Waals surface area (Å²) in [5.74, 6) is 0. The van der Waals surface area contributed by atoms with Gasteiger partial charge in [0.1, 0.15) is 25.9 Å². The number of fused-ring (bicyclic) bond motifs is 1. The first-order chi connectivity index (χ1) is 22.5. The largest absolute Gasteiger partial charge is 0.389 e. The van der Waals surface area contributed by atoms with Crippen LogP contribution in [0.5, 0.6) is 0 Å². The summed E-state index contributed by atoms with van der Waals surface area (Å²) in [6, 6.07) is 19.1. The summed E-state index contributed by atoms with van der Waals surface area (Å²) in [6.07, 6.45) is 0. The summed E-state index contributed by atoms with van der Waals surface area (Å²) in [5, 5.41) is 22.0. The number of urea groups is 1. The summed E-state index contributed by atoms with van der Waals surface area (Å²) >= 11 is 0.838. The molecule has 0 aliphatic carbocycles. The third kappa shape index (κ3) is 7.32. The molecule has 2 amide bonds. The highest BCUT2D eigenvalue weighted by Crippen LogP contribution is 2.45. The van der Waals surface area contributed by atoms with Crippen molar-refractivity contribution < 1.29 is 43.7 Å². The predicted molar refractivity (Wildman–Crippen MR) is 176 cm³/mol. The van der Waals surface area contributed by atoms with Crippen LogP contribution in [0.15, 0.2) is 104 Å². The van der Waals surface area contributed by atoms with Gasteiger partial charge in [-0.2, -0.15) is 30.5 Å². The van der Waals surface area contributed by atoms with Crippen molar-refractivity contribution >= 4 is 85.6 Å². The van der Waals surface area contributed by atoms with E-state index in [0.29, 0.717) is 29.1 Å². The molecule has 16 nitrogen and oxygen atoms in total. The first kappa shape index (κ1) is 34.1. The van der Waals surface area contributed by atoms with Gasteiger partial charge in [0, 0.05) is 27.7 Å². The van der Waals surface area contributed by atoms with Crippen molar-refractivity contribution in [3.05, 3.63) is 84.4 Å². The second-order valence-electron chi connectivity index (χ2n) is 9.74. The van der Waals surface area contributed by atoms with Crippen LogP contribution in [0.2, 0.25) is 0 Å². The molecule has 5 aromatic rings. The van der Waals surface area contributed by atoms with Crippen molar-refractivity contribution in [2.45, 2.75) is 14.7 Å². The predicted octanol–water partition coefficient (Wildman–Crippen LogP) is 5.82. The topological polar surface area (TPSA) is 279 Å². The van der Waals surface area contributed by atoms with Gasteiger partial charge < -0.3 is 16.4 Å². The monoisotopic (exact) mass is 728 g/mol. The van der Waals surface area contributed by atoms with Crippen LogP contribution in [0.4, 0.5) is 31.9 Å². The van der Waals surface area contributed by atoms with Gasteiger partial charge in [0.25, 0.3) is 30.4 Å². The lowest BCUT2D eigenvalue weighted by atomic mass is 10.0. The highest BCUT2D eigenvalue weighted by Gasteiger charge is 2.26. The van der Waals surface area contributed by atoms with E-state index in [1.165, 1.54) is 0 Å². The van der Waals surface area contributed by atoms with Crippen molar-refractivity contribution in [2.24, 2.45) is 10.2 Å². The molecule has 1 aromatic heterocycles. The average Bonchev–Trinajstić information content (AvgIpc) is 3.33. The second-order valence-corrected chi connectivity index (χ2v) is 15.0. The minimum atomic E-state index is -5.24. The van der Waals surface area contributed by atoms with Gasteiger partial charge >= 0.3 is 6.03 Å². The van der Waals surface area contributed by atoms with Crippen molar-refractivity contribution in [1.82, 2.24) is 0 Å². The number of azo groups is 1. The number of hydrogen-bond donors (Lipinski definition) is 6. The molecule has 0 bridgehead atoms. The van der Waals surface area contributed by atoms with Gasteiger partial charge in [-0.15, -0.1) is 10.2 Å². The summed E-state index contributed by atoms with van der Waals surface area (Å²) < 4.78 is 102. The molecule has 0 unspecified atom stereocenters. The minimum Gasteiger partial charge on any atom is -0.389 e. The van der Waals surface area contributed by atoms with Gasteiger partial charge in [0.2, 0.25) is 0 Å². The maximum absolute atomic E-state index is 12.4. The number of benzene rings is 4. The molecule has 0 aliphatic heterocycles. The number of nitrogens with one attached hydrogen (secondary N) is 2. The fraction of sp³-hybridized carbons (Fsp3) is 0. The van der Waals surface area contributed by atoms with E-state index in [9.17, 15) is 49.0 Å². The molecule has 0 radical (unpaired) electrons. The SMILES string of the molecule is N#Cc1c(N)sc(N=Nc2cc(S(=O)(=O)O)c3cc(S(=O)(=O)O)cc(S(=O)(=O)O)c3c2)c1-c1ccc(NC(=O)Nc2ccccc2)cc1. The Kier molecular flexibility index (Phi) is 9.04. The number of amides is 2. The van der Waals surface area contributed by atoms with Crippen LogP contribution in [-0.2, 0) is 30.4 Å². The smallest absolute Gasteiger partial charge is 0.323 e. The third-order valence-electron chi connectivity index (χ3n) is 6.55. The molecule has 5 rings (SSSR count). The maximum Gasteiger partial charge on any atom is 0.323 e. The number of nitriles is 1. The Balaban J connectivity index is 1.57. The van der Waals surface area contributed by atoms with Gasteiger partial charge in [0.15, 0.2) is 0 Å². The molecule has 0 spiro atoms. The van der Waals surface area contributed by atoms with Crippen LogP contribution < -0.4 is 16.4 Å². The molecule has 0 aliphatic rings. The molecule has 48 heavy (non-hydrogen) atoms. The molecule has 1 heterocycles. The van der Waals surface area contributed by atoms with Crippen molar-refractivity contribution in [1.29, 1.82) is 5.26 Å². The molecule has 0 saturated carbocycles. The quantitative estimate of drug-likeness (QED) is 0.0814. The van der Waals surface area contributed by atoms with E-state index >= 15 is 0 Å². The van der Waals surface area contributed by atoms with E-state index < -0.39 is 61.8 Å². The van der Waals surface area contributed by atoms with Gasteiger partial charge in [-0.25, -0.2) is 4.79 Å². The fourth-order valence-electron chi connectivity index (χ4n) is 4.51. The molecule has 7 N–H and O–H groups in total. The summed E-state index contributed by atoms with van der Waals surface area (Å²) in [5.41, 5.74) is 7.30. The number of anilines is 3. The zero-order chi connectivity index (χ0) is 35.0. The van der Waals surface area contributed by atoms with Crippen molar-refractivity contribution in [2.75, 3.05) is 16.4 Å². The number of hydrogen-bond acceptors (Lipinski definition) is 12. The summed E-state index contributed by atoms with van der Waals surface area (Å²) in [4.78, 5) is 9.15. The van der Waals surface area contributed by atoms with E-state index in [1.807, 2.05) is 6.07 Å². The molecule has 246 valence electrons. The van der Waals surface area contributed by atoms with Crippen LogP contribution in [0.25, 0.3) is 21.9 Å². The van der Waals surface area contributed by atoms with Gasteiger partial charge in [-0.3, -0.25) is 13.7 Å². The van der Waals surface area contributed by atoms with Gasteiger partial charge in [-0.05, 0) is 54.1 Å². The first-order valence-corrected chi connectivity index (χ1v) is 18.1. The van der Waals surface area contributed by atoms with Gasteiger partial charge in [-0.1, -0.05) is 41.7 Å². The molecule has 4 aromatic carbocycles. The maximum atomic E-state index is 12.4. The first-order valence-electron chi connectivity index (χ1n) is 13.0. The van der Waals surface area contributed by atoms with E-state index in [0.717, 1.165) is 23.5 Å². The third-order valence-corrected chi connectivity index (χ3v) is 10.1. The average molecular weight is 729 g/mol. The van der Waals surface area contributed by atoms with Gasteiger partial charge in [0.05, 0.1) is 16.1 Å². The number of carbonyl (C=O) groups excluding carboxylic acids is 1. The zero-order valence-corrected chi connectivity index (χ0v) is 27.0. The molecule has 0 saturated heterocycles. The number of carbonyl (C=O) groups is 1. The van der Waals surface area contributed by atoms with Crippen LogP contribution in [0.1, 0.15) is 5.56 Å². The Morgan fingerprint density at radius 1 is 0.750 bits per heavy atom. The Hall–Kier alpha value is -5.27. The Morgan fingerprint density at radius 2 is 1.31 bits per heavy atom. The van der Waals surface area contributed by atoms with Crippen molar-refractivity contribution in [3.63, 3.8) is 0 Å². The fourth-order valence-corrected chi connectivity index (χ4v) is 7.42. The Bertz CT molecular complexity index is 2510. The number of thiophene rings is 1. The van der Waals surface area contributed by atoms with Crippen LogP contribution in [0.3, 0.4) is 0 Å². The second kappa shape index (κ2) is 12.7. The Morgan fingerprint density at radius 3 is 1.88 bits per heavy atom. The lowest BCUT2D eigenvalue weighted by Crippen LogP contribution is -2.19. The number of nitrogens with two attached hydrogens (primary N) is 1. The lowest BCUT2D eigenvalue weighted by Gasteiger charge is -2.11. The van der Waals surface area contributed by atoms with E-state index in [4.69, 9.17) is 5.73 Å². The summed E-state index contributed by atoms with van der Waals surface area (Å²) in [7, 11) is -15.5. The minimum absolute atomic E-state index is 0.0278. The number of para-hydroxylation sites is 1. The summed E-state index contributed by atoms with van der Waals surface area (Å²) in [6.45, 7) is 0. The number of rotatable bonds is 8. The molecular formula is C28H20N6O10S4. The van der Waals surface area contributed by atoms with Crippen LogP contribution in [0, 0.1) is 11.3 Å². The highest BCUT2D eigenvalue weighted by atomic mass is 32.2. The van der Waals surface area contributed by atoms with Crippen molar-refractivity contribution in [3.8, 4) is 17.2 Å². The molecular weight excluding hydrogens is 709 g/mol.